The topological polar surface area (TPSA) is 89.1 Å². The molecule has 0 aliphatic heterocycles. The SMILES string of the molecule is CC[C@@H](C)c1nc2ccc(Br)cc2c(=O)n1N=Cc1ccc(Sc2nc3ccccc3[nH]2)o1. The van der Waals surface area contributed by atoms with E-state index in [2.05, 4.69) is 37.9 Å². The van der Waals surface area contributed by atoms with E-state index >= 15 is 0 Å². The maximum Gasteiger partial charge on any atom is 0.282 e. The molecule has 0 amide bonds. The molecule has 3 aromatic heterocycles. The maximum atomic E-state index is 13.2. The first kappa shape index (κ1) is 21.7. The van der Waals surface area contributed by atoms with Gasteiger partial charge in [-0.15, -0.1) is 0 Å². The molecule has 2 aromatic carbocycles. The van der Waals surface area contributed by atoms with Gasteiger partial charge < -0.3 is 9.40 Å². The summed E-state index contributed by atoms with van der Waals surface area (Å²) in [5.41, 5.74) is 2.32. The Morgan fingerprint density at radius 1 is 1.18 bits per heavy atom. The standard InChI is InChI=1S/C24H20BrN5O2S/c1-3-14(2)22-27-18-10-8-15(25)12-17(18)23(31)30(22)26-13-16-9-11-21(32-16)33-24-28-19-6-4-5-7-20(19)29-24/h4-14H,3H2,1-2H3,(H,28,29)/t14-/m1/s1. The number of benzene rings is 2. The zero-order valence-corrected chi connectivity index (χ0v) is 20.4. The van der Waals surface area contributed by atoms with E-state index in [-0.39, 0.29) is 11.5 Å². The van der Waals surface area contributed by atoms with E-state index in [1.54, 1.807) is 12.3 Å². The van der Waals surface area contributed by atoms with Gasteiger partial charge in [0, 0.05) is 10.4 Å². The summed E-state index contributed by atoms with van der Waals surface area (Å²) in [6.45, 7) is 4.10. The molecule has 9 heteroatoms. The molecule has 166 valence electrons. The van der Waals surface area contributed by atoms with Gasteiger partial charge in [-0.1, -0.05) is 41.9 Å². The monoisotopic (exact) mass is 521 g/mol. The third-order valence-corrected chi connectivity index (χ3v) is 6.65. The van der Waals surface area contributed by atoms with Gasteiger partial charge in [-0.05, 0) is 60.6 Å². The van der Waals surface area contributed by atoms with E-state index in [1.807, 2.05) is 55.5 Å². The molecule has 7 nitrogen and oxygen atoms in total. The van der Waals surface area contributed by atoms with Crippen molar-refractivity contribution in [1.29, 1.82) is 0 Å². The van der Waals surface area contributed by atoms with Crippen molar-refractivity contribution in [2.24, 2.45) is 5.10 Å². The number of aromatic amines is 1. The molecule has 5 rings (SSSR count). The summed E-state index contributed by atoms with van der Waals surface area (Å²) in [5.74, 6) is 1.22. The lowest BCUT2D eigenvalue weighted by molar-refractivity contribution is 0.468. The van der Waals surface area contributed by atoms with Gasteiger partial charge >= 0.3 is 0 Å². The first-order valence-electron chi connectivity index (χ1n) is 10.5. The summed E-state index contributed by atoms with van der Waals surface area (Å²) in [6.07, 6.45) is 2.38. The zero-order chi connectivity index (χ0) is 22.9. The van der Waals surface area contributed by atoms with Crippen LogP contribution in [0.1, 0.15) is 37.8 Å². The summed E-state index contributed by atoms with van der Waals surface area (Å²) in [7, 11) is 0. The van der Waals surface area contributed by atoms with E-state index in [4.69, 9.17) is 9.40 Å². The number of imidazole rings is 1. The summed E-state index contributed by atoms with van der Waals surface area (Å²) in [6, 6.07) is 17.0. The Morgan fingerprint density at radius 3 is 2.85 bits per heavy atom. The van der Waals surface area contributed by atoms with Gasteiger partial charge in [0.2, 0.25) is 0 Å². The number of para-hydroxylation sites is 2. The van der Waals surface area contributed by atoms with Crippen LogP contribution >= 0.6 is 27.7 Å². The molecule has 1 atom stereocenters. The van der Waals surface area contributed by atoms with Crippen LogP contribution in [0.2, 0.25) is 0 Å². The van der Waals surface area contributed by atoms with Crippen molar-refractivity contribution >= 4 is 55.8 Å². The average molecular weight is 522 g/mol. The molecule has 0 spiro atoms. The number of fused-ring (bicyclic) bond motifs is 2. The second kappa shape index (κ2) is 8.99. The molecule has 0 radical (unpaired) electrons. The quantitative estimate of drug-likeness (QED) is 0.269. The Bertz CT molecular complexity index is 1520. The Balaban J connectivity index is 1.46. The normalized spacial score (nSPS) is 12.8. The molecule has 33 heavy (non-hydrogen) atoms. The number of H-pyrrole nitrogens is 1. The fraction of sp³-hybridized carbons (Fsp3) is 0.167. The maximum absolute atomic E-state index is 13.2. The first-order chi connectivity index (χ1) is 16.0. The van der Waals surface area contributed by atoms with E-state index in [0.29, 0.717) is 27.6 Å². The minimum absolute atomic E-state index is 0.0682. The Morgan fingerprint density at radius 2 is 2.03 bits per heavy atom. The lowest BCUT2D eigenvalue weighted by Gasteiger charge is -2.13. The van der Waals surface area contributed by atoms with Crippen LogP contribution in [-0.4, -0.2) is 25.8 Å². The molecule has 0 saturated heterocycles. The van der Waals surface area contributed by atoms with Gasteiger partial charge in [-0.3, -0.25) is 4.79 Å². The van der Waals surface area contributed by atoms with E-state index in [0.717, 1.165) is 27.1 Å². The molecule has 5 aromatic rings. The smallest absolute Gasteiger partial charge is 0.282 e. The van der Waals surface area contributed by atoms with E-state index < -0.39 is 0 Å². The Kier molecular flexibility index (Phi) is 5.90. The number of hydrogen-bond acceptors (Lipinski definition) is 6. The van der Waals surface area contributed by atoms with Crippen molar-refractivity contribution < 1.29 is 4.42 Å². The van der Waals surface area contributed by atoms with Gasteiger partial charge in [-0.25, -0.2) is 9.97 Å². The molecular weight excluding hydrogens is 502 g/mol. The van der Waals surface area contributed by atoms with Crippen LogP contribution in [-0.2, 0) is 0 Å². The largest absolute Gasteiger partial charge is 0.448 e. The molecule has 3 heterocycles. The average Bonchev–Trinajstić information content (AvgIpc) is 3.44. The molecule has 0 saturated carbocycles. The van der Waals surface area contributed by atoms with Crippen molar-refractivity contribution in [3.8, 4) is 0 Å². The van der Waals surface area contributed by atoms with Crippen LogP contribution in [0.25, 0.3) is 21.9 Å². The van der Waals surface area contributed by atoms with Gasteiger partial charge in [-0.2, -0.15) is 9.78 Å². The number of hydrogen-bond donors (Lipinski definition) is 1. The minimum Gasteiger partial charge on any atom is -0.448 e. The van der Waals surface area contributed by atoms with Gasteiger partial charge in [0.05, 0.1) is 28.2 Å². The number of aromatic nitrogens is 4. The highest BCUT2D eigenvalue weighted by atomic mass is 79.9. The lowest BCUT2D eigenvalue weighted by atomic mass is 10.1. The van der Waals surface area contributed by atoms with Crippen molar-refractivity contribution in [3.05, 3.63) is 81.0 Å². The van der Waals surface area contributed by atoms with Crippen molar-refractivity contribution in [2.75, 3.05) is 0 Å². The van der Waals surface area contributed by atoms with Crippen LogP contribution in [0.15, 0.2) is 83.6 Å². The number of rotatable bonds is 6. The minimum atomic E-state index is -0.212. The summed E-state index contributed by atoms with van der Waals surface area (Å²) in [4.78, 5) is 25.8. The van der Waals surface area contributed by atoms with Gasteiger partial charge in [0.25, 0.3) is 5.56 Å². The third kappa shape index (κ3) is 4.38. The molecule has 0 bridgehead atoms. The zero-order valence-electron chi connectivity index (χ0n) is 17.9. The van der Waals surface area contributed by atoms with E-state index in [9.17, 15) is 4.79 Å². The fourth-order valence-corrected chi connectivity index (χ4v) is 4.56. The highest BCUT2D eigenvalue weighted by Gasteiger charge is 2.16. The van der Waals surface area contributed by atoms with Crippen LogP contribution in [0.5, 0.6) is 0 Å². The van der Waals surface area contributed by atoms with Gasteiger partial charge in [0.1, 0.15) is 11.6 Å². The molecule has 0 fully saturated rings. The predicted octanol–water partition coefficient (Wildman–Crippen LogP) is 6.18. The Hall–Kier alpha value is -3.17. The summed E-state index contributed by atoms with van der Waals surface area (Å²) in [5, 5.41) is 6.38. The van der Waals surface area contributed by atoms with Crippen molar-refractivity contribution in [3.63, 3.8) is 0 Å². The Labute approximate surface area is 202 Å². The fourth-order valence-electron chi connectivity index (χ4n) is 3.43. The van der Waals surface area contributed by atoms with E-state index in [1.165, 1.54) is 16.4 Å². The molecular formula is C24H20BrN5O2S. The number of nitrogens with one attached hydrogen (secondary N) is 1. The molecule has 0 unspecified atom stereocenters. The van der Waals surface area contributed by atoms with Crippen LogP contribution in [0.4, 0.5) is 0 Å². The first-order valence-corrected chi connectivity index (χ1v) is 12.1. The highest BCUT2D eigenvalue weighted by Crippen LogP contribution is 2.28. The molecule has 1 N–H and O–H groups in total. The molecule has 0 aliphatic rings. The highest BCUT2D eigenvalue weighted by molar-refractivity contribution is 9.10. The van der Waals surface area contributed by atoms with Crippen LogP contribution in [0, 0.1) is 0 Å². The number of halogens is 1. The van der Waals surface area contributed by atoms with Crippen molar-refractivity contribution in [1.82, 2.24) is 19.6 Å². The summed E-state index contributed by atoms with van der Waals surface area (Å²) < 4.78 is 8.08. The third-order valence-electron chi connectivity index (χ3n) is 5.35. The second-order valence-electron chi connectivity index (χ2n) is 7.62. The lowest BCUT2D eigenvalue weighted by Crippen LogP contribution is -2.23. The van der Waals surface area contributed by atoms with Crippen LogP contribution < -0.4 is 5.56 Å². The summed E-state index contributed by atoms with van der Waals surface area (Å²) >= 11 is 4.82. The van der Waals surface area contributed by atoms with Crippen molar-refractivity contribution in [2.45, 2.75) is 36.4 Å². The van der Waals surface area contributed by atoms with Gasteiger partial charge in [0.15, 0.2) is 10.2 Å². The molecule has 0 aliphatic carbocycles. The second-order valence-corrected chi connectivity index (χ2v) is 9.53. The number of furan rings is 1. The van der Waals surface area contributed by atoms with Crippen LogP contribution in [0.3, 0.4) is 0 Å². The number of nitrogens with zero attached hydrogens (tertiary/aromatic N) is 4. The predicted molar refractivity (Wildman–Crippen MR) is 134 cm³/mol.